The summed E-state index contributed by atoms with van der Waals surface area (Å²) in [6.07, 6.45) is 10.8. The van der Waals surface area contributed by atoms with Gasteiger partial charge >= 0.3 is 6.48 Å². The third-order valence-corrected chi connectivity index (χ3v) is 5.75. The van der Waals surface area contributed by atoms with Gasteiger partial charge in [0.15, 0.2) is 9.76 Å². The zero-order valence-electron chi connectivity index (χ0n) is 16.6. The summed E-state index contributed by atoms with van der Waals surface area (Å²) in [5, 5.41) is 0. The zero-order chi connectivity index (χ0) is 19.0. The highest BCUT2D eigenvalue weighted by Crippen LogP contribution is 2.17. The van der Waals surface area contributed by atoms with Crippen molar-refractivity contribution in [3.05, 3.63) is 60.7 Å². The highest BCUT2D eigenvalue weighted by Gasteiger charge is 2.12. The first-order chi connectivity index (χ1) is 13.4. The molecule has 0 N–H and O–H groups in total. The van der Waals surface area contributed by atoms with E-state index in [2.05, 4.69) is 6.92 Å². The standard InChI is InChI=1S/C23H34O3Si/c1-2-3-4-5-6-7-8-15-20-27-26-23(24-21-16-11-9-12-17-21)25-22-18-13-10-14-19-22/h9-14,16-19,23H,2-8,15,20,27H2,1H3. The molecule has 0 fully saturated rings. The second-order valence-electron chi connectivity index (χ2n) is 6.85. The van der Waals surface area contributed by atoms with Crippen LogP contribution in [-0.2, 0) is 4.43 Å². The van der Waals surface area contributed by atoms with Crippen LogP contribution in [0.5, 0.6) is 11.5 Å². The van der Waals surface area contributed by atoms with Gasteiger partial charge in [-0.05, 0) is 30.3 Å². The topological polar surface area (TPSA) is 27.7 Å². The smallest absolute Gasteiger partial charge is 0.350 e. The fraction of sp³-hybridized carbons (Fsp3) is 0.478. The largest absolute Gasteiger partial charge is 0.433 e. The first-order valence-corrected chi connectivity index (χ1v) is 12.0. The highest BCUT2D eigenvalue weighted by atomic mass is 28.2. The van der Waals surface area contributed by atoms with Crippen molar-refractivity contribution >= 4 is 9.76 Å². The van der Waals surface area contributed by atoms with E-state index in [1.165, 1.54) is 57.4 Å². The molecular weight excluding hydrogens is 352 g/mol. The molecule has 148 valence electrons. The molecule has 0 aromatic heterocycles. The molecule has 4 heteroatoms. The van der Waals surface area contributed by atoms with Crippen LogP contribution in [0.15, 0.2) is 60.7 Å². The molecule has 0 aliphatic rings. The van der Waals surface area contributed by atoms with Crippen LogP contribution in [0.1, 0.15) is 58.3 Å². The van der Waals surface area contributed by atoms with Crippen molar-refractivity contribution in [2.24, 2.45) is 0 Å². The van der Waals surface area contributed by atoms with E-state index in [-0.39, 0.29) is 0 Å². The van der Waals surface area contributed by atoms with Crippen molar-refractivity contribution in [3.63, 3.8) is 0 Å². The first kappa shape index (κ1) is 21.5. The lowest BCUT2D eigenvalue weighted by Crippen LogP contribution is -2.29. The number of hydrogen-bond donors (Lipinski definition) is 0. The summed E-state index contributed by atoms with van der Waals surface area (Å²) in [5.41, 5.74) is 0. The molecule has 0 saturated carbocycles. The molecule has 0 unspecified atom stereocenters. The number of unbranched alkanes of at least 4 members (excludes halogenated alkanes) is 7. The Hall–Kier alpha value is -1.78. The van der Waals surface area contributed by atoms with Gasteiger partial charge in [-0.15, -0.1) is 0 Å². The molecule has 27 heavy (non-hydrogen) atoms. The Bertz CT molecular complexity index is 535. The van der Waals surface area contributed by atoms with E-state index in [9.17, 15) is 0 Å². The monoisotopic (exact) mass is 386 g/mol. The SMILES string of the molecule is CCCCCCCCCC[SiH2]OC(Oc1ccccc1)Oc1ccccc1. The van der Waals surface area contributed by atoms with Crippen molar-refractivity contribution in [1.29, 1.82) is 0 Å². The third kappa shape index (κ3) is 10.2. The number of ether oxygens (including phenoxy) is 2. The Morgan fingerprint density at radius 2 is 1.15 bits per heavy atom. The zero-order valence-corrected chi connectivity index (χ0v) is 18.1. The average molecular weight is 387 g/mol. The van der Waals surface area contributed by atoms with Crippen LogP contribution >= 0.6 is 0 Å². The Kier molecular flexibility index (Phi) is 11.4. The molecule has 0 spiro atoms. The molecule has 0 bridgehead atoms. The van der Waals surface area contributed by atoms with Crippen molar-refractivity contribution in [2.45, 2.75) is 70.8 Å². The normalized spacial score (nSPS) is 11.3. The van der Waals surface area contributed by atoms with E-state index in [0.29, 0.717) is 0 Å². The maximum Gasteiger partial charge on any atom is 0.350 e. The molecule has 0 aliphatic carbocycles. The van der Waals surface area contributed by atoms with Gasteiger partial charge < -0.3 is 13.9 Å². The molecule has 0 radical (unpaired) electrons. The molecule has 0 atom stereocenters. The summed E-state index contributed by atoms with van der Waals surface area (Å²) in [6.45, 7) is 1.59. The summed E-state index contributed by atoms with van der Waals surface area (Å²) in [7, 11) is -0.665. The predicted octanol–water partition coefficient (Wildman–Crippen LogP) is 6.09. The summed E-state index contributed by atoms with van der Waals surface area (Å²) in [6, 6.07) is 20.6. The maximum atomic E-state index is 6.00. The molecule has 0 aliphatic heterocycles. The Morgan fingerprint density at radius 1 is 0.667 bits per heavy atom. The summed E-state index contributed by atoms with van der Waals surface area (Å²) in [4.78, 5) is 0. The fourth-order valence-corrected chi connectivity index (χ4v) is 3.96. The van der Waals surface area contributed by atoms with Crippen LogP contribution in [0.4, 0.5) is 0 Å². The minimum absolute atomic E-state index is 0.665. The number of benzene rings is 2. The van der Waals surface area contributed by atoms with Crippen LogP contribution in [0.3, 0.4) is 0 Å². The van der Waals surface area contributed by atoms with Crippen LogP contribution in [-0.4, -0.2) is 16.2 Å². The lowest BCUT2D eigenvalue weighted by Gasteiger charge is -2.20. The van der Waals surface area contributed by atoms with Crippen LogP contribution in [0.2, 0.25) is 6.04 Å². The minimum Gasteiger partial charge on any atom is -0.433 e. The Morgan fingerprint density at radius 3 is 1.67 bits per heavy atom. The highest BCUT2D eigenvalue weighted by molar-refractivity contribution is 6.27. The van der Waals surface area contributed by atoms with Crippen LogP contribution < -0.4 is 9.47 Å². The maximum absolute atomic E-state index is 6.00. The van der Waals surface area contributed by atoms with Crippen LogP contribution in [0.25, 0.3) is 0 Å². The van der Waals surface area contributed by atoms with Gasteiger partial charge in [0, 0.05) is 0 Å². The van der Waals surface area contributed by atoms with Gasteiger partial charge in [0.25, 0.3) is 0 Å². The number of para-hydroxylation sites is 2. The van der Waals surface area contributed by atoms with E-state index in [4.69, 9.17) is 13.9 Å². The summed E-state index contributed by atoms with van der Waals surface area (Å²) in [5.74, 6) is 1.53. The lowest BCUT2D eigenvalue weighted by molar-refractivity contribution is -0.140. The fourth-order valence-electron chi connectivity index (χ4n) is 2.90. The van der Waals surface area contributed by atoms with Gasteiger partial charge in [-0.2, -0.15) is 0 Å². The van der Waals surface area contributed by atoms with E-state index >= 15 is 0 Å². The summed E-state index contributed by atoms with van der Waals surface area (Å²) >= 11 is 0. The van der Waals surface area contributed by atoms with E-state index in [1.54, 1.807) is 0 Å². The average Bonchev–Trinajstić information content (AvgIpc) is 2.71. The second-order valence-corrected chi connectivity index (χ2v) is 8.30. The molecule has 2 aromatic carbocycles. The number of rotatable bonds is 15. The van der Waals surface area contributed by atoms with E-state index in [0.717, 1.165) is 11.5 Å². The van der Waals surface area contributed by atoms with Crippen molar-refractivity contribution in [2.75, 3.05) is 0 Å². The number of hydrogen-bond acceptors (Lipinski definition) is 3. The first-order valence-electron chi connectivity index (χ1n) is 10.4. The Balaban J connectivity index is 1.66. The van der Waals surface area contributed by atoms with Gasteiger partial charge in [0.1, 0.15) is 11.5 Å². The minimum atomic E-state index is -0.671. The molecule has 0 saturated heterocycles. The van der Waals surface area contributed by atoms with Crippen molar-refractivity contribution in [1.82, 2.24) is 0 Å². The molecule has 2 rings (SSSR count). The molecule has 0 amide bonds. The Labute approximate surface area is 167 Å². The van der Waals surface area contributed by atoms with Gasteiger partial charge in [0.2, 0.25) is 0 Å². The lowest BCUT2D eigenvalue weighted by atomic mass is 10.1. The molecule has 3 nitrogen and oxygen atoms in total. The van der Waals surface area contributed by atoms with Gasteiger partial charge in [0.05, 0.1) is 0 Å². The van der Waals surface area contributed by atoms with E-state index < -0.39 is 16.2 Å². The van der Waals surface area contributed by atoms with E-state index in [1.807, 2.05) is 60.7 Å². The second kappa shape index (κ2) is 14.3. The van der Waals surface area contributed by atoms with Gasteiger partial charge in [-0.3, -0.25) is 0 Å². The van der Waals surface area contributed by atoms with Gasteiger partial charge in [-0.1, -0.05) is 94.7 Å². The van der Waals surface area contributed by atoms with Crippen molar-refractivity contribution < 1.29 is 13.9 Å². The van der Waals surface area contributed by atoms with Gasteiger partial charge in [-0.25, -0.2) is 0 Å². The van der Waals surface area contributed by atoms with Crippen LogP contribution in [0, 0.1) is 0 Å². The predicted molar refractivity (Wildman–Crippen MR) is 115 cm³/mol. The molecule has 0 heterocycles. The van der Waals surface area contributed by atoms with Crippen molar-refractivity contribution in [3.8, 4) is 11.5 Å². The third-order valence-electron chi connectivity index (χ3n) is 4.45. The summed E-state index contributed by atoms with van der Waals surface area (Å²) < 4.78 is 17.8. The molecular formula is C23H34O3Si. The molecule has 2 aromatic rings. The quantitative estimate of drug-likeness (QED) is 0.211.